The monoisotopic (exact) mass is 257 g/mol. The van der Waals surface area contributed by atoms with Crippen LogP contribution in [0.5, 0.6) is 5.75 Å². The molecule has 1 aromatic rings. The fraction of sp³-hybridized carbons (Fsp3) is 0.500. The van der Waals surface area contributed by atoms with Gasteiger partial charge in [-0.05, 0) is 19.9 Å². The van der Waals surface area contributed by atoms with E-state index < -0.39 is 21.1 Å². The molecule has 0 bridgehead atoms. The summed E-state index contributed by atoms with van der Waals surface area (Å²) in [4.78, 5) is 0. The Morgan fingerprint density at radius 2 is 1.94 bits per heavy atom. The standard InChI is InChI=1S/C12H19NO3S/c1-8-5-6-11(16-3)10(7-8)12(13)9(2)17(4,14)15/h5-7,9,12H,13H2,1-4H3. The van der Waals surface area contributed by atoms with Crippen molar-refractivity contribution in [3.05, 3.63) is 29.3 Å². The van der Waals surface area contributed by atoms with Gasteiger partial charge in [-0.2, -0.15) is 0 Å². The third-order valence-electron chi connectivity index (χ3n) is 2.93. The SMILES string of the molecule is COc1ccc(C)cc1C(N)C(C)S(C)(=O)=O. The summed E-state index contributed by atoms with van der Waals surface area (Å²) in [6.45, 7) is 3.54. The Labute approximate surface area is 103 Å². The minimum Gasteiger partial charge on any atom is -0.496 e. The van der Waals surface area contributed by atoms with Gasteiger partial charge >= 0.3 is 0 Å². The Hall–Kier alpha value is -1.07. The zero-order valence-electron chi connectivity index (χ0n) is 10.6. The van der Waals surface area contributed by atoms with Crippen LogP contribution in [0.15, 0.2) is 18.2 Å². The van der Waals surface area contributed by atoms with Gasteiger partial charge in [-0.25, -0.2) is 8.42 Å². The fourth-order valence-corrected chi connectivity index (χ4v) is 2.31. The molecule has 0 saturated heterocycles. The number of nitrogens with two attached hydrogens (primary N) is 1. The van der Waals surface area contributed by atoms with E-state index in [-0.39, 0.29) is 0 Å². The summed E-state index contributed by atoms with van der Waals surface area (Å²) in [5, 5.41) is -0.641. The first-order valence-corrected chi connectivity index (χ1v) is 7.31. The molecule has 1 rings (SSSR count). The second-order valence-electron chi connectivity index (χ2n) is 4.31. The largest absolute Gasteiger partial charge is 0.496 e. The molecule has 17 heavy (non-hydrogen) atoms. The predicted octanol–water partition coefficient (Wildman–Crippen LogP) is 1.44. The molecule has 0 spiro atoms. The smallest absolute Gasteiger partial charge is 0.151 e. The lowest BCUT2D eigenvalue weighted by molar-refractivity contribution is 0.404. The Balaban J connectivity index is 3.19. The lowest BCUT2D eigenvalue weighted by atomic mass is 10.0. The average Bonchev–Trinajstić information content (AvgIpc) is 2.25. The van der Waals surface area contributed by atoms with Crippen LogP contribution in [0.3, 0.4) is 0 Å². The maximum Gasteiger partial charge on any atom is 0.151 e. The second-order valence-corrected chi connectivity index (χ2v) is 6.71. The first kappa shape index (κ1) is 14.0. The van der Waals surface area contributed by atoms with Crippen molar-refractivity contribution in [1.82, 2.24) is 0 Å². The molecule has 0 saturated carbocycles. The Kier molecular flexibility index (Phi) is 4.16. The number of hydrogen-bond donors (Lipinski definition) is 1. The highest BCUT2D eigenvalue weighted by Gasteiger charge is 2.26. The summed E-state index contributed by atoms with van der Waals surface area (Å²) in [6, 6.07) is 4.99. The van der Waals surface area contributed by atoms with Crippen LogP contribution in [-0.2, 0) is 9.84 Å². The lowest BCUT2D eigenvalue weighted by Crippen LogP contribution is -2.30. The van der Waals surface area contributed by atoms with Crippen LogP contribution in [0.2, 0.25) is 0 Å². The number of benzene rings is 1. The molecule has 0 aliphatic rings. The summed E-state index contributed by atoms with van der Waals surface area (Å²) in [7, 11) is -1.62. The van der Waals surface area contributed by atoms with Gasteiger partial charge in [0.05, 0.1) is 12.4 Å². The van der Waals surface area contributed by atoms with Crippen LogP contribution in [-0.4, -0.2) is 27.0 Å². The lowest BCUT2D eigenvalue weighted by Gasteiger charge is -2.21. The van der Waals surface area contributed by atoms with Crippen molar-refractivity contribution in [3.63, 3.8) is 0 Å². The van der Waals surface area contributed by atoms with Crippen molar-refractivity contribution in [2.75, 3.05) is 13.4 Å². The van der Waals surface area contributed by atoms with Crippen molar-refractivity contribution < 1.29 is 13.2 Å². The van der Waals surface area contributed by atoms with Crippen molar-refractivity contribution in [2.24, 2.45) is 5.73 Å². The predicted molar refractivity (Wildman–Crippen MR) is 69.0 cm³/mol. The third kappa shape index (κ3) is 3.20. The Morgan fingerprint density at radius 3 is 2.41 bits per heavy atom. The maximum atomic E-state index is 11.5. The number of methoxy groups -OCH3 is 1. The normalized spacial score (nSPS) is 15.4. The number of sulfone groups is 1. The molecule has 2 N–H and O–H groups in total. The van der Waals surface area contributed by atoms with Crippen LogP contribution in [0.4, 0.5) is 0 Å². The minimum absolute atomic E-state index is 0.583. The molecule has 0 aromatic heterocycles. The van der Waals surface area contributed by atoms with E-state index in [1.807, 2.05) is 19.1 Å². The van der Waals surface area contributed by atoms with E-state index in [1.165, 1.54) is 6.26 Å². The van der Waals surface area contributed by atoms with Crippen LogP contribution >= 0.6 is 0 Å². The van der Waals surface area contributed by atoms with E-state index in [9.17, 15) is 8.42 Å². The highest BCUT2D eigenvalue weighted by Crippen LogP contribution is 2.28. The van der Waals surface area contributed by atoms with Gasteiger partial charge in [-0.1, -0.05) is 17.7 Å². The van der Waals surface area contributed by atoms with Gasteiger partial charge in [-0.3, -0.25) is 0 Å². The van der Waals surface area contributed by atoms with Gasteiger partial charge in [-0.15, -0.1) is 0 Å². The molecule has 0 heterocycles. The Morgan fingerprint density at radius 1 is 1.35 bits per heavy atom. The van der Waals surface area contributed by atoms with Crippen molar-refractivity contribution in [2.45, 2.75) is 25.1 Å². The molecule has 1 aromatic carbocycles. The number of rotatable bonds is 4. The topological polar surface area (TPSA) is 69.4 Å². The highest BCUT2D eigenvalue weighted by molar-refractivity contribution is 7.91. The summed E-state index contributed by atoms with van der Waals surface area (Å²) >= 11 is 0. The quantitative estimate of drug-likeness (QED) is 0.886. The van der Waals surface area contributed by atoms with E-state index in [4.69, 9.17) is 10.5 Å². The molecular weight excluding hydrogens is 238 g/mol. The van der Waals surface area contributed by atoms with Gasteiger partial charge in [0.15, 0.2) is 9.84 Å². The molecule has 0 amide bonds. The molecule has 5 heteroatoms. The summed E-state index contributed by atoms with van der Waals surface area (Å²) in [6.07, 6.45) is 1.19. The molecule has 0 aliphatic carbocycles. The van der Waals surface area contributed by atoms with Crippen molar-refractivity contribution in [1.29, 1.82) is 0 Å². The zero-order chi connectivity index (χ0) is 13.2. The summed E-state index contributed by atoms with van der Waals surface area (Å²) in [5.74, 6) is 0.624. The molecule has 0 aliphatic heterocycles. The fourth-order valence-electron chi connectivity index (χ4n) is 1.63. The van der Waals surface area contributed by atoms with Gasteiger partial charge in [0.1, 0.15) is 5.75 Å². The highest BCUT2D eigenvalue weighted by atomic mass is 32.2. The minimum atomic E-state index is -3.17. The maximum absolute atomic E-state index is 11.5. The van der Waals surface area contributed by atoms with E-state index in [0.29, 0.717) is 5.75 Å². The van der Waals surface area contributed by atoms with Gasteiger partial charge in [0.25, 0.3) is 0 Å². The van der Waals surface area contributed by atoms with E-state index >= 15 is 0 Å². The van der Waals surface area contributed by atoms with Crippen molar-refractivity contribution >= 4 is 9.84 Å². The zero-order valence-corrected chi connectivity index (χ0v) is 11.4. The average molecular weight is 257 g/mol. The second kappa shape index (κ2) is 5.06. The first-order chi connectivity index (χ1) is 7.77. The summed E-state index contributed by atoms with van der Waals surface area (Å²) in [5.41, 5.74) is 7.76. The van der Waals surface area contributed by atoms with Crippen LogP contribution in [0.25, 0.3) is 0 Å². The van der Waals surface area contributed by atoms with Crippen molar-refractivity contribution in [3.8, 4) is 5.75 Å². The molecule has 4 nitrogen and oxygen atoms in total. The third-order valence-corrected chi connectivity index (χ3v) is 4.57. The molecule has 2 atom stereocenters. The van der Waals surface area contributed by atoms with E-state index in [2.05, 4.69) is 0 Å². The number of aryl methyl sites for hydroxylation is 1. The van der Waals surface area contributed by atoms with Crippen LogP contribution < -0.4 is 10.5 Å². The van der Waals surface area contributed by atoms with Gasteiger partial charge in [0.2, 0.25) is 0 Å². The number of ether oxygens (including phenoxy) is 1. The van der Waals surface area contributed by atoms with Crippen LogP contribution in [0, 0.1) is 6.92 Å². The van der Waals surface area contributed by atoms with Crippen LogP contribution in [0.1, 0.15) is 24.1 Å². The molecule has 96 valence electrons. The molecule has 0 fully saturated rings. The summed E-state index contributed by atoms with van der Waals surface area (Å²) < 4.78 is 28.2. The van der Waals surface area contributed by atoms with E-state index in [1.54, 1.807) is 20.1 Å². The Bertz CT molecular complexity index is 496. The molecule has 0 radical (unpaired) electrons. The van der Waals surface area contributed by atoms with Gasteiger partial charge < -0.3 is 10.5 Å². The van der Waals surface area contributed by atoms with Gasteiger partial charge in [0, 0.05) is 17.9 Å². The number of hydrogen-bond acceptors (Lipinski definition) is 4. The van der Waals surface area contributed by atoms with E-state index in [0.717, 1.165) is 11.1 Å². The molecular formula is C12H19NO3S. The first-order valence-electron chi connectivity index (χ1n) is 5.36. The molecule has 2 unspecified atom stereocenters.